The summed E-state index contributed by atoms with van der Waals surface area (Å²) in [6, 6.07) is 7.87. The van der Waals surface area contributed by atoms with Gasteiger partial charge in [0, 0.05) is 39.0 Å². The molecule has 1 heterocycles. The third kappa shape index (κ3) is 6.20. The summed E-state index contributed by atoms with van der Waals surface area (Å²) in [5, 5.41) is 5.91. The Labute approximate surface area is 139 Å². The predicted octanol–water partition coefficient (Wildman–Crippen LogP) is 2.73. The Balaban J connectivity index is 1.66. The first-order valence-corrected chi connectivity index (χ1v) is 8.56. The molecule has 0 spiro atoms. The molecule has 23 heavy (non-hydrogen) atoms. The van der Waals surface area contributed by atoms with Gasteiger partial charge >= 0.3 is 6.03 Å². The Hall–Kier alpha value is -1.59. The highest BCUT2D eigenvalue weighted by Crippen LogP contribution is 2.16. The van der Waals surface area contributed by atoms with Crippen molar-refractivity contribution in [3.8, 4) is 0 Å². The molecule has 1 fully saturated rings. The molecule has 0 bridgehead atoms. The van der Waals surface area contributed by atoms with Gasteiger partial charge in [0.25, 0.3) is 0 Å². The SMILES string of the molecule is CCc1cccc(NC(=O)NCC2CCN(CCCOC)C2)c1. The molecule has 2 N–H and O–H groups in total. The van der Waals surface area contributed by atoms with E-state index in [1.54, 1.807) is 7.11 Å². The van der Waals surface area contributed by atoms with Crippen molar-refractivity contribution in [3.63, 3.8) is 0 Å². The zero-order chi connectivity index (χ0) is 16.5. The molecule has 0 aliphatic carbocycles. The highest BCUT2D eigenvalue weighted by molar-refractivity contribution is 5.89. The van der Waals surface area contributed by atoms with E-state index in [9.17, 15) is 4.79 Å². The first-order valence-electron chi connectivity index (χ1n) is 8.56. The van der Waals surface area contributed by atoms with Crippen LogP contribution in [0.15, 0.2) is 24.3 Å². The van der Waals surface area contributed by atoms with E-state index in [1.165, 1.54) is 5.56 Å². The number of nitrogens with zero attached hydrogens (tertiary/aromatic N) is 1. The van der Waals surface area contributed by atoms with Crippen LogP contribution in [0.3, 0.4) is 0 Å². The van der Waals surface area contributed by atoms with Gasteiger partial charge in [-0.1, -0.05) is 19.1 Å². The molecule has 2 amide bonds. The van der Waals surface area contributed by atoms with E-state index in [-0.39, 0.29) is 6.03 Å². The maximum Gasteiger partial charge on any atom is 0.319 e. The molecule has 1 saturated heterocycles. The molecule has 1 atom stereocenters. The Morgan fingerprint density at radius 1 is 1.43 bits per heavy atom. The molecule has 128 valence electrons. The fourth-order valence-electron chi connectivity index (χ4n) is 3.00. The van der Waals surface area contributed by atoms with Crippen LogP contribution in [0.5, 0.6) is 0 Å². The third-order valence-electron chi connectivity index (χ3n) is 4.34. The zero-order valence-corrected chi connectivity index (χ0v) is 14.3. The molecule has 2 rings (SSSR count). The smallest absolute Gasteiger partial charge is 0.319 e. The van der Waals surface area contributed by atoms with Gasteiger partial charge in [-0.3, -0.25) is 0 Å². The largest absolute Gasteiger partial charge is 0.385 e. The van der Waals surface area contributed by atoms with E-state index in [0.717, 1.165) is 57.7 Å². The lowest BCUT2D eigenvalue weighted by Crippen LogP contribution is -2.34. The Morgan fingerprint density at radius 2 is 2.30 bits per heavy atom. The average Bonchev–Trinajstić information content (AvgIpc) is 3.01. The summed E-state index contributed by atoms with van der Waals surface area (Å²) >= 11 is 0. The van der Waals surface area contributed by atoms with Crippen molar-refractivity contribution in [2.75, 3.05) is 45.2 Å². The van der Waals surface area contributed by atoms with Gasteiger partial charge in [0.2, 0.25) is 0 Å². The third-order valence-corrected chi connectivity index (χ3v) is 4.34. The van der Waals surface area contributed by atoms with Crippen molar-refractivity contribution in [2.45, 2.75) is 26.2 Å². The summed E-state index contributed by atoms with van der Waals surface area (Å²) < 4.78 is 5.09. The average molecular weight is 319 g/mol. The van der Waals surface area contributed by atoms with Crippen molar-refractivity contribution in [1.29, 1.82) is 0 Å². The number of rotatable bonds is 8. The van der Waals surface area contributed by atoms with E-state index >= 15 is 0 Å². The number of benzene rings is 1. The number of hydrogen-bond acceptors (Lipinski definition) is 3. The van der Waals surface area contributed by atoms with Crippen LogP contribution in [-0.4, -0.2) is 50.8 Å². The number of likely N-dealkylation sites (tertiary alicyclic amines) is 1. The molecular formula is C18H29N3O2. The number of carbonyl (C=O) groups excluding carboxylic acids is 1. The minimum Gasteiger partial charge on any atom is -0.385 e. The van der Waals surface area contributed by atoms with Gasteiger partial charge in [0.1, 0.15) is 0 Å². The van der Waals surface area contributed by atoms with Gasteiger partial charge in [-0.15, -0.1) is 0 Å². The molecule has 0 saturated carbocycles. The van der Waals surface area contributed by atoms with Crippen LogP contribution >= 0.6 is 0 Å². The van der Waals surface area contributed by atoms with Crippen LogP contribution in [0.2, 0.25) is 0 Å². The van der Waals surface area contributed by atoms with Crippen LogP contribution in [0.25, 0.3) is 0 Å². The lowest BCUT2D eigenvalue weighted by atomic mass is 10.1. The quantitative estimate of drug-likeness (QED) is 0.725. The van der Waals surface area contributed by atoms with E-state index in [2.05, 4.69) is 28.5 Å². The molecule has 1 aliphatic heterocycles. The van der Waals surface area contributed by atoms with Crippen LogP contribution in [0, 0.1) is 5.92 Å². The number of urea groups is 1. The lowest BCUT2D eigenvalue weighted by molar-refractivity contribution is 0.178. The lowest BCUT2D eigenvalue weighted by Gasteiger charge is -2.16. The molecule has 0 radical (unpaired) electrons. The molecule has 1 unspecified atom stereocenters. The molecule has 1 aromatic carbocycles. The summed E-state index contributed by atoms with van der Waals surface area (Å²) in [7, 11) is 1.74. The van der Waals surface area contributed by atoms with Crippen molar-refractivity contribution < 1.29 is 9.53 Å². The van der Waals surface area contributed by atoms with Crippen LogP contribution in [0.1, 0.15) is 25.3 Å². The minimum absolute atomic E-state index is 0.115. The van der Waals surface area contributed by atoms with Gasteiger partial charge in [0.15, 0.2) is 0 Å². The molecule has 0 aromatic heterocycles. The first-order chi connectivity index (χ1) is 11.2. The molecule has 5 nitrogen and oxygen atoms in total. The number of amides is 2. The summed E-state index contributed by atoms with van der Waals surface area (Å²) in [5.74, 6) is 0.547. The standard InChI is InChI=1S/C18H29N3O2/c1-3-15-6-4-7-17(12-15)20-18(22)19-13-16-8-10-21(14-16)9-5-11-23-2/h4,6-7,12,16H,3,5,8-11,13-14H2,1-2H3,(H2,19,20,22). The molecular weight excluding hydrogens is 290 g/mol. The van der Waals surface area contributed by atoms with Gasteiger partial charge in [-0.25, -0.2) is 4.79 Å². The van der Waals surface area contributed by atoms with E-state index in [4.69, 9.17) is 4.74 Å². The molecule has 1 aliphatic rings. The number of methoxy groups -OCH3 is 1. The van der Waals surface area contributed by atoms with Crippen molar-refractivity contribution >= 4 is 11.7 Å². The maximum atomic E-state index is 12.0. The normalized spacial score (nSPS) is 18.1. The number of nitrogens with one attached hydrogen (secondary N) is 2. The maximum absolute atomic E-state index is 12.0. The van der Waals surface area contributed by atoms with Crippen molar-refractivity contribution in [3.05, 3.63) is 29.8 Å². The summed E-state index contributed by atoms with van der Waals surface area (Å²) in [4.78, 5) is 14.5. The van der Waals surface area contributed by atoms with E-state index in [1.807, 2.05) is 18.2 Å². The Kier molecular flexibility index (Phi) is 7.36. The predicted molar refractivity (Wildman–Crippen MR) is 93.9 cm³/mol. The van der Waals surface area contributed by atoms with Crippen LogP contribution in [-0.2, 0) is 11.2 Å². The highest BCUT2D eigenvalue weighted by atomic mass is 16.5. The fourth-order valence-corrected chi connectivity index (χ4v) is 3.00. The van der Waals surface area contributed by atoms with Gasteiger partial charge in [-0.05, 0) is 49.4 Å². The Morgan fingerprint density at radius 3 is 3.09 bits per heavy atom. The second kappa shape index (κ2) is 9.53. The number of aryl methyl sites for hydroxylation is 1. The second-order valence-electron chi connectivity index (χ2n) is 6.19. The van der Waals surface area contributed by atoms with E-state index < -0.39 is 0 Å². The first kappa shape index (κ1) is 17.8. The fraction of sp³-hybridized carbons (Fsp3) is 0.611. The highest BCUT2D eigenvalue weighted by Gasteiger charge is 2.22. The topological polar surface area (TPSA) is 53.6 Å². The summed E-state index contributed by atoms with van der Waals surface area (Å²) in [6.07, 6.45) is 3.20. The van der Waals surface area contributed by atoms with Gasteiger partial charge in [0.05, 0.1) is 0 Å². The number of hydrogen-bond donors (Lipinski definition) is 2. The molecule has 5 heteroatoms. The number of carbonyl (C=O) groups is 1. The summed E-state index contributed by atoms with van der Waals surface area (Å²) in [6.45, 7) is 6.93. The zero-order valence-electron chi connectivity index (χ0n) is 14.3. The molecule has 1 aromatic rings. The van der Waals surface area contributed by atoms with Crippen LogP contribution in [0.4, 0.5) is 10.5 Å². The Bertz CT molecular complexity index is 493. The number of anilines is 1. The second-order valence-corrected chi connectivity index (χ2v) is 6.19. The van der Waals surface area contributed by atoms with Crippen molar-refractivity contribution in [2.24, 2.45) is 5.92 Å². The summed E-state index contributed by atoms with van der Waals surface area (Å²) in [5.41, 5.74) is 2.08. The van der Waals surface area contributed by atoms with Crippen molar-refractivity contribution in [1.82, 2.24) is 10.2 Å². The monoisotopic (exact) mass is 319 g/mol. The van der Waals surface area contributed by atoms with E-state index in [0.29, 0.717) is 5.92 Å². The number of ether oxygens (including phenoxy) is 1. The van der Waals surface area contributed by atoms with Gasteiger partial charge < -0.3 is 20.3 Å². The van der Waals surface area contributed by atoms with Gasteiger partial charge in [-0.2, -0.15) is 0 Å². The minimum atomic E-state index is -0.115. The van der Waals surface area contributed by atoms with Crippen LogP contribution < -0.4 is 10.6 Å².